The van der Waals surface area contributed by atoms with E-state index in [9.17, 15) is 17.6 Å². The molecule has 0 aliphatic carbocycles. The molecule has 2 aromatic rings. The van der Waals surface area contributed by atoms with Crippen LogP contribution in [0.4, 0.5) is 4.39 Å². The summed E-state index contributed by atoms with van der Waals surface area (Å²) >= 11 is 0. The van der Waals surface area contributed by atoms with Gasteiger partial charge in [-0.3, -0.25) is 4.79 Å². The van der Waals surface area contributed by atoms with Crippen LogP contribution in [0.1, 0.15) is 67.8 Å². The van der Waals surface area contributed by atoms with Crippen LogP contribution in [0.3, 0.4) is 0 Å². The number of amides is 1. The molecule has 28 heavy (non-hydrogen) atoms. The molecule has 0 radical (unpaired) electrons. The van der Waals surface area contributed by atoms with Crippen molar-refractivity contribution in [2.75, 3.05) is 0 Å². The maximum absolute atomic E-state index is 13.0. The molecular formula is C22H28FNO3S. The van der Waals surface area contributed by atoms with E-state index >= 15 is 0 Å². The largest absolute Gasteiger partial charge is 0.268 e. The Morgan fingerprint density at radius 3 is 2.18 bits per heavy atom. The highest BCUT2D eigenvalue weighted by molar-refractivity contribution is 7.90. The summed E-state index contributed by atoms with van der Waals surface area (Å²) < 4.78 is 39.8. The number of unbranched alkanes of at least 4 members (excludes halogenated alkanes) is 6. The number of rotatable bonds is 11. The zero-order chi connectivity index (χ0) is 20.4. The minimum Gasteiger partial charge on any atom is -0.268 e. The maximum Gasteiger partial charge on any atom is 0.265 e. The number of hydrogen-bond donors (Lipinski definition) is 1. The molecule has 4 nitrogen and oxygen atoms in total. The van der Waals surface area contributed by atoms with E-state index in [1.54, 1.807) is 12.1 Å². The van der Waals surface area contributed by atoms with Gasteiger partial charge in [0.1, 0.15) is 5.82 Å². The Kier molecular flexibility index (Phi) is 8.64. The molecule has 2 aromatic carbocycles. The van der Waals surface area contributed by atoms with Gasteiger partial charge in [-0.15, -0.1) is 0 Å². The summed E-state index contributed by atoms with van der Waals surface area (Å²) in [7, 11) is -4.05. The molecule has 1 amide bonds. The average Bonchev–Trinajstić information content (AvgIpc) is 2.67. The number of sulfonamides is 1. The van der Waals surface area contributed by atoms with Crippen LogP contribution in [0, 0.1) is 5.82 Å². The molecule has 6 heteroatoms. The second-order valence-electron chi connectivity index (χ2n) is 6.92. The Balaban J connectivity index is 1.97. The lowest BCUT2D eigenvalue weighted by Crippen LogP contribution is -2.31. The molecule has 0 heterocycles. The van der Waals surface area contributed by atoms with Crippen molar-refractivity contribution < 1.29 is 17.6 Å². The molecule has 0 spiro atoms. The van der Waals surface area contributed by atoms with Gasteiger partial charge >= 0.3 is 0 Å². The van der Waals surface area contributed by atoms with Crippen LogP contribution in [-0.2, 0) is 16.4 Å². The molecular weight excluding hydrogens is 377 g/mol. The van der Waals surface area contributed by atoms with Gasteiger partial charge in [-0.05, 0) is 48.7 Å². The first-order chi connectivity index (χ1) is 13.4. The monoisotopic (exact) mass is 405 g/mol. The van der Waals surface area contributed by atoms with Crippen LogP contribution < -0.4 is 4.72 Å². The molecule has 0 aromatic heterocycles. The Morgan fingerprint density at radius 1 is 0.893 bits per heavy atom. The third-order valence-electron chi connectivity index (χ3n) is 4.66. The van der Waals surface area contributed by atoms with Crippen molar-refractivity contribution in [3.05, 3.63) is 65.5 Å². The Labute approximate surface area is 167 Å². The summed E-state index contributed by atoms with van der Waals surface area (Å²) in [6.45, 7) is 2.19. The summed E-state index contributed by atoms with van der Waals surface area (Å²) in [6.07, 6.45) is 8.94. The van der Waals surface area contributed by atoms with Crippen LogP contribution in [0.2, 0.25) is 0 Å². The predicted octanol–water partition coefficient (Wildman–Crippen LogP) is 5.24. The second kappa shape index (κ2) is 11.0. The van der Waals surface area contributed by atoms with Crippen LogP contribution >= 0.6 is 0 Å². The van der Waals surface area contributed by atoms with E-state index in [2.05, 4.69) is 11.6 Å². The number of carbonyl (C=O) groups is 1. The lowest BCUT2D eigenvalue weighted by Gasteiger charge is -2.11. The van der Waals surface area contributed by atoms with E-state index in [1.807, 2.05) is 12.1 Å². The normalized spacial score (nSPS) is 11.4. The summed E-state index contributed by atoms with van der Waals surface area (Å²) in [6, 6.07) is 11.4. The van der Waals surface area contributed by atoms with E-state index in [1.165, 1.54) is 32.1 Å². The lowest BCUT2D eigenvalue weighted by atomic mass is 10.00. The molecule has 0 aliphatic heterocycles. The SMILES string of the molecule is CCCCCCCCCc1ccccc1C(=O)NS(=O)(=O)c1ccc(F)cc1. The van der Waals surface area contributed by atoms with Gasteiger partial charge in [-0.2, -0.15) is 0 Å². The first-order valence-corrected chi connectivity index (χ1v) is 11.3. The third kappa shape index (κ3) is 6.75. The Morgan fingerprint density at radius 2 is 1.50 bits per heavy atom. The minimum absolute atomic E-state index is 0.146. The highest BCUT2D eigenvalue weighted by Gasteiger charge is 2.20. The smallest absolute Gasteiger partial charge is 0.265 e. The first kappa shape index (κ1) is 22.1. The van der Waals surface area contributed by atoms with E-state index in [-0.39, 0.29) is 4.90 Å². The van der Waals surface area contributed by atoms with Gasteiger partial charge in [0.25, 0.3) is 15.9 Å². The summed E-state index contributed by atoms with van der Waals surface area (Å²) in [5, 5.41) is 0. The molecule has 0 aliphatic rings. The van der Waals surface area contributed by atoms with Crippen molar-refractivity contribution in [3.63, 3.8) is 0 Å². The van der Waals surface area contributed by atoms with Crippen LogP contribution in [0.25, 0.3) is 0 Å². The molecule has 0 fully saturated rings. The van der Waals surface area contributed by atoms with Crippen LogP contribution in [-0.4, -0.2) is 14.3 Å². The number of aryl methyl sites for hydroxylation is 1. The van der Waals surface area contributed by atoms with E-state index < -0.39 is 21.7 Å². The summed E-state index contributed by atoms with van der Waals surface area (Å²) in [5.41, 5.74) is 1.20. The molecule has 152 valence electrons. The van der Waals surface area contributed by atoms with E-state index in [0.717, 1.165) is 49.1 Å². The molecule has 0 unspecified atom stereocenters. The van der Waals surface area contributed by atoms with Crippen LogP contribution in [0.5, 0.6) is 0 Å². The number of halogens is 1. The fourth-order valence-corrected chi connectivity index (χ4v) is 4.05. The number of hydrogen-bond acceptors (Lipinski definition) is 3. The number of nitrogens with one attached hydrogen (secondary N) is 1. The Hall–Kier alpha value is -2.21. The highest BCUT2D eigenvalue weighted by atomic mass is 32.2. The molecule has 1 N–H and O–H groups in total. The molecule has 0 bridgehead atoms. The second-order valence-corrected chi connectivity index (χ2v) is 8.60. The maximum atomic E-state index is 13.0. The quantitative estimate of drug-likeness (QED) is 0.520. The summed E-state index contributed by atoms with van der Waals surface area (Å²) in [5.74, 6) is -1.20. The van der Waals surface area contributed by atoms with Crippen molar-refractivity contribution in [1.82, 2.24) is 4.72 Å². The topological polar surface area (TPSA) is 63.2 Å². The van der Waals surface area contributed by atoms with Gasteiger partial charge in [0.2, 0.25) is 0 Å². The van der Waals surface area contributed by atoms with Crippen LogP contribution in [0.15, 0.2) is 53.4 Å². The van der Waals surface area contributed by atoms with E-state index in [0.29, 0.717) is 5.56 Å². The molecule has 0 atom stereocenters. The van der Waals surface area contributed by atoms with Gasteiger partial charge in [0.05, 0.1) is 4.90 Å². The Bertz CT molecular complexity index is 864. The summed E-state index contributed by atoms with van der Waals surface area (Å²) in [4.78, 5) is 12.4. The van der Waals surface area contributed by atoms with Gasteiger partial charge < -0.3 is 0 Å². The lowest BCUT2D eigenvalue weighted by molar-refractivity contribution is 0.0980. The standard InChI is InChI=1S/C22H28FNO3S/c1-2-3-4-5-6-7-8-11-18-12-9-10-13-21(18)22(25)24-28(26,27)20-16-14-19(23)15-17-20/h9-10,12-17H,2-8,11H2,1H3,(H,24,25). The van der Waals surface area contributed by atoms with Gasteiger partial charge in [-0.1, -0.05) is 63.6 Å². The third-order valence-corrected chi connectivity index (χ3v) is 6.01. The van der Waals surface area contributed by atoms with Gasteiger partial charge in [0, 0.05) is 5.56 Å². The van der Waals surface area contributed by atoms with Gasteiger partial charge in [-0.25, -0.2) is 17.5 Å². The molecule has 0 saturated carbocycles. The van der Waals surface area contributed by atoms with Crippen molar-refractivity contribution in [1.29, 1.82) is 0 Å². The fourth-order valence-electron chi connectivity index (χ4n) is 3.08. The molecule has 2 rings (SSSR count). The van der Waals surface area contributed by atoms with E-state index in [4.69, 9.17) is 0 Å². The minimum atomic E-state index is -4.05. The van der Waals surface area contributed by atoms with Crippen molar-refractivity contribution >= 4 is 15.9 Å². The zero-order valence-corrected chi connectivity index (χ0v) is 17.1. The van der Waals surface area contributed by atoms with Crippen molar-refractivity contribution in [3.8, 4) is 0 Å². The highest BCUT2D eigenvalue weighted by Crippen LogP contribution is 2.16. The number of benzene rings is 2. The first-order valence-electron chi connectivity index (χ1n) is 9.84. The van der Waals surface area contributed by atoms with Gasteiger partial charge in [0.15, 0.2) is 0 Å². The predicted molar refractivity (Wildman–Crippen MR) is 109 cm³/mol. The fraction of sp³-hybridized carbons (Fsp3) is 0.409. The molecule has 0 saturated heterocycles. The number of carbonyl (C=O) groups excluding carboxylic acids is 1. The average molecular weight is 406 g/mol. The zero-order valence-electron chi connectivity index (χ0n) is 16.3. The van der Waals surface area contributed by atoms with Crippen molar-refractivity contribution in [2.24, 2.45) is 0 Å². The van der Waals surface area contributed by atoms with Crippen molar-refractivity contribution in [2.45, 2.75) is 63.2 Å².